The van der Waals surface area contributed by atoms with E-state index in [0.717, 1.165) is 12.1 Å². The summed E-state index contributed by atoms with van der Waals surface area (Å²) in [5.41, 5.74) is 0.817. The molecule has 3 atom stereocenters. The van der Waals surface area contributed by atoms with Gasteiger partial charge in [0.2, 0.25) is 17.7 Å². The van der Waals surface area contributed by atoms with Gasteiger partial charge in [-0.3, -0.25) is 24.1 Å². The van der Waals surface area contributed by atoms with E-state index in [4.69, 9.17) is 6.57 Å². The number of anilines is 2. The first kappa shape index (κ1) is 24.1. The third-order valence-electron chi connectivity index (χ3n) is 6.92. The number of nitrogens with one attached hydrogen (secondary N) is 2. The molecule has 0 saturated carbocycles. The molecule has 0 aromatic heterocycles. The van der Waals surface area contributed by atoms with Crippen molar-refractivity contribution in [3.63, 3.8) is 0 Å². The van der Waals surface area contributed by atoms with Gasteiger partial charge in [-0.1, -0.05) is 48.5 Å². The van der Waals surface area contributed by atoms with Crippen LogP contribution in [-0.2, 0) is 26.2 Å². The summed E-state index contributed by atoms with van der Waals surface area (Å²) in [6, 6.07) is 18.6. The standard InChI is InChI=1S/C28H22F2N4O3/c1-31-24-15-28(22-9-5-6-10-23(22)33-27(28)37)16-34(24)26(36)21(11-17-7-3-2-4-8-17)25(35)32-20-13-18(29)12-19(30)14-20/h2-10,12-14,21,24H,11,15-16H2,(H,32,35)(H,33,37)/t21?,24-,28-/m0/s1. The number of carbonyl (C=O) groups is 3. The van der Waals surface area contributed by atoms with Crippen LogP contribution in [0.5, 0.6) is 0 Å². The molecule has 1 spiro atoms. The molecule has 0 aliphatic carbocycles. The summed E-state index contributed by atoms with van der Waals surface area (Å²) in [5, 5.41) is 5.28. The van der Waals surface area contributed by atoms with E-state index in [1.54, 1.807) is 54.6 Å². The number of halogens is 2. The first-order valence-electron chi connectivity index (χ1n) is 11.7. The fraction of sp³-hybridized carbons (Fsp3) is 0.214. The number of carbonyl (C=O) groups excluding carboxylic acids is 3. The molecule has 2 aliphatic rings. The highest BCUT2D eigenvalue weighted by atomic mass is 19.1. The third-order valence-corrected chi connectivity index (χ3v) is 6.92. The van der Waals surface area contributed by atoms with Gasteiger partial charge in [-0.2, -0.15) is 0 Å². The van der Waals surface area contributed by atoms with E-state index in [1.807, 2.05) is 0 Å². The molecule has 7 nitrogen and oxygen atoms in total. The summed E-state index contributed by atoms with van der Waals surface area (Å²) in [7, 11) is 0. The largest absolute Gasteiger partial charge is 0.325 e. The number of benzene rings is 3. The normalized spacial score (nSPS) is 20.7. The summed E-state index contributed by atoms with van der Waals surface area (Å²) in [5.74, 6) is -4.73. The van der Waals surface area contributed by atoms with Gasteiger partial charge in [-0.05, 0) is 35.7 Å². The van der Waals surface area contributed by atoms with Crippen molar-refractivity contribution < 1.29 is 23.2 Å². The van der Waals surface area contributed by atoms with Gasteiger partial charge < -0.3 is 10.6 Å². The van der Waals surface area contributed by atoms with E-state index >= 15 is 0 Å². The lowest BCUT2D eigenvalue weighted by Crippen LogP contribution is -2.46. The predicted octanol–water partition coefficient (Wildman–Crippen LogP) is 4.13. The van der Waals surface area contributed by atoms with Crippen molar-refractivity contribution in [2.24, 2.45) is 5.92 Å². The summed E-state index contributed by atoms with van der Waals surface area (Å²) < 4.78 is 27.4. The molecule has 9 heteroatoms. The van der Waals surface area contributed by atoms with Crippen LogP contribution in [0.1, 0.15) is 17.5 Å². The van der Waals surface area contributed by atoms with Crippen molar-refractivity contribution in [1.29, 1.82) is 0 Å². The number of nitrogens with zero attached hydrogens (tertiary/aromatic N) is 2. The van der Waals surface area contributed by atoms with E-state index in [-0.39, 0.29) is 31.0 Å². The lowest BCUT2D eigenvalue weighted by Gasteiger charge is -2.25. The highest BCUT2D eigenvalue weighted by Gasteiger charge is 2.59. The minimum absolute atomic E-state index is 0.000305. The lowest BCUT2D eigenvalue weighted by molar-refractivity contribution is -0.140. The number of amides is 3. The molecule has 2 heterocycles. The fourth-order valence-corrected chi connectivity index (χ4v) is 5.15. The average Bonchev–Trinajstić information content (AvgIpc) is 3.40. The van der Waals surface area contributed by atoms with Gasteiger partial charge in [-0.25, -0.2) is 15.4 Å². The maximum Gasteiger partial charge on any atom is 0.302 e. The molecule has 3 amide bonds. The Morgan fingerprint density at radius 1 is 1.08 bits per heavy atom. The van der Waals surface area contributed by atoms with Crippen molar-refractivity contribution in [2.45, 2.75) is 24.4 Å². The van der Waals surface area contributed by atoms with E-state index in [1.165, 1.54) is 4.90 Å². The fourth-order valence-electron chi connectivity index (χ4n) is 5.15. The zero-order chi connectivity index (χ0) is 26.2. The molecule has 186 valence electrons. The second-order valence-electron chi connectivity index (χ2n) is 9.25. The van der Waals surface area contributed by atoms with Crippen LogP contribution >= 0.6 is 0 Å². The molecule has 2 aliphatic heterocycles. The molecule has 1 fully saturated rings. The van der Waals surface area contributed by atoms with Crippen LogP contribution in [-0.4, -0.2) is 35.3 Å². The Morgan fingerprint density at radius 3 is 2.46 bits per heavy atom. The summed E-state index contributed by atoms with van der Waals surface area (Å²) in [6.07, 6.45) is -0.859. The molecule has 37 heavy (non-hydrogen) atoms. The molecular weight excluding hydrogens is 478 g/mol. The van der Waals surface area contributed by atoms with Crippen molar-refractivity contribution in [3.8, 4) is 0 Å². The smallest absolute Gasteiger partial charge is 0.302 e. The molecule has 1 saturated heterocycles. The number of fused-ring (bicyclic) bond motifs is 2. The molecule has 2 N–H and O–H groups in total. The molecule has 1 unspecified atom stereocenters. The van der Waals surface area contributed by atoms with E-state index in [9.17, 15) is 23.2 Å². The number of para-hydroxylation sites is 1. The summed E-state index contributed by atoms with van der Waals surface area (Å²) in [4.78, 5) is 45.2. The Kier molecular flexibility index (Phi) is 6.17. The minimum atomic E-state index is -1.30. The topological polar surface area (TPSA) is 82.9 Å². The average molecular weight is 501 g/mol. The van der Waals surface area contributed by atoms with E-state index in [0.29, 0.717) is 22.9 Å². The maximum atomic E-state index is 13.9. The van der Waals surface area contributed by atoms with Crippen LogP contribution in [0.15, 0.2) is 72.8 Å². The van der Waals surface area contributed by atoms with Gasteiger partial charge in [0.15, 0.2) is 0 Å². The third kappa shape index (κ3) is 4.42. The Bertz CT molecular complexity index is 1420. The molecule has 5 rings (SSSR count). The van der Waals surface area contributed by atoms with Crippen molar-refractivity contribution in [2.75, 3.05) is 17.2 Å². The highest BCUT2D eigenvalue weighted by Crippen LogP contribution is 2.47. The summed E-state index contributed by atoms with van der Waals surface area (Å²) in [6.45, 7) is 7.67. The first-order chi connectivity index (χ1) is 17.8. The van der Waals surface area contributed by atoms with E-state index in [2.05, 4.69) is 15.5 Å². The van der Waals surface area contributed by atoms with Crippen LogP contribution in [0.2, 0.25) is 0 Å². The van der Waals surface area contributed by atoms with Crippen LogP contribution in [0, 0.1) is 24.1 Å². The molecule has 0 radical (unpaired) electrons. The van der Waals surface area contributed by atoms with E-state index < -0.39 is 40.9 Å². The predicted molar refractivity (Wildman–Crippen MR) is 132 cm³/mol. The van der Waals surface area contributed by atoms with Gasteiger partial charge in [0.1, 0.15) is 23.0 Å². The lowest BCUT2D eigenvalue weighted by atomic mass is 9.80. The van der Waals surface area contributed by atoms with Gasteiger partial charge in [0.05, 0.1) is 6.42 Å². The minimum Gasteiger partial charge on any atom is -0.325 e. The van der Waals surface area contributed by atoms with Crippen molar-refractivity contribution >= 4 is 29.1 Å². The number of hydrogen-bond donors (Lipinski definition) is 2. The van der Waals surface area contributed by atoms with Crippen LogP contribution in [0.25, 0.3) is 4.85 Å². The van der Waals surface area contributed by atoms with Gasteiger partial charge >= 0.3 is 6.17 Å². The zero-order valence-corrected chi connectivity index (χ0v) is 19.6. The zero-order valence-electron chi connectivity index (χ0n) is 19.6. The number of rotatable bonds is 5. The number of hydrogen-bond acceptors (Lipinski definition) is 3. The molecular formula is C28H22F2N4O3. The monoisotopic (exact) mass is 500 g/mol. The van der Waals surface area contributed by atoms with Gasteiger partial charge in [-0.15, -0.1) is 0 Å². The quantitative estimate of drug-likeness (QED) is 0.408. The maximum absolute atomic E-state index is 13.9. The van der Waals surface area contributed by atoms with Crippen LogP contribution < -0.4 is 10.6 Å². The highest BCUT2D eigenvalue weighted by molar-refractivity contribution is 6.09. The Labute approximate surface area is 211 Å². The van der Waals surface area contributed by atoms with Gasteiger partial charge in [0.25, 0.3) is 0 Å². The Morgan fingerprint density at radius 2 is 1.76 bits per heavy atom. The first-order valence-corrected chi connectivity index (χ1v) is 11.7. The Hall–Kier alpha value is -4.58. The molecule has 0 bridgehead atoms. The van der Waals surface area contributed by atoms with Crippen LogP contribution in [0.4, 0.5) is 20.2 Å². The molecule has 3 aromatic rings. The summed E-state index contributed by atoms with van der Waals surface area (Å²) >= 11 is 0. The van der Waals surface area contributed by atoms with Crippen molar-refractivity contribution in [3.05, 3.63) is 107 Å². The Balaban J connectivity index is 1.47. The van der Waals surface area contributed by atoms with Crippen LogP contribution in [0.3, 0.4) is 0 Å². The second kappa shape index (κ2) is 9.47. The SMILES string of the molecule is [C-]#[N+][C@@H]1C[C@@]2(CN1C(=O)C(Cc1ccccc1)C(=O)Nc1cc(F)cc(F)c1)C(=O)Nc1ccccc12. The van der Waals surface area contributed by atoms with Crippen molar-refractivity contribution in [1.82, 2.24) is 4.90 Å². The number of likely N-dealkylation sites (tertiary alicyclic amines) is 1. The molecule has 3 aromatic carbocycles. The van der Waals surface area contributed by atoms with Gasteiger partial charge in [0, 0.05) is 24.0 Å². The second-order valence-corrected chi connectivity index (χ2v) is 9.25.